The summed E-state index contributed by atoms with van der Waals surface area (Å²) in [4.78, 5) is 8.58. The molecule has 0 spiro atoms. The smallest absolute Gasteiger partial charge is 0.197 e. The molecule has 0 saturated carbocycles. The average molecular weight is 343 g/mol. The number of nitrogens with zero attached hydrogens (tertiary/aromatic N) is 2. The third-order valence-corrected chi connectivity index (χ3v) is 4.08. The Hall–Kier alpha value is -1.17. The number of nitrogens with one attached hydrogen (secondary N) is 2. The number of hydrogen-bond acceptors (Lipinski definition) is 4. The largest absolute Gasteiger partial charge is 0.387 e. The zero-order chi connectivity index (χ0) is 15.2. The Balaban J connectivity index is 1.90. The van der Waals surface area contributed by atoms with Crippen molar-refractivity contribution in [1.82, 2.24) is 5.32 Å². The molecular weight excluding hydrogens is 327 g/mol. The van der Waals surface area contributed by atoms with Gasteiger partial charge in [-0.15, -0.1) is 0 Å². The van der Waals surface area contributed by atoms with E-state index in [1.54, 1.807) is 18.3 Å². The van der Waals surface area contributed by atoms with Gasteiger partial charge in [-0.25, -0.2) is 4.99 Å². The van der Waals surface area contributed by atoms with Gasteiger partial charge in [0.05, 0.1) is 10.0 Å². The molecule has 0 aromatic heterocycles. The minimum Gasteiger partial charge on any atom is -0.387 e. The summed E-state index contributed by atoms with van der Waals surface area (Å²) in [5, 5.41) is 8.98. The summed E-state index contributed by atoms with van der Waals surface area (Å²) < 4.78 is 0. The highest BCUT2D eigenvalue weighted by molar-refractivity contribution is 8.29. The molecule has 4 nitrogen and oxygen atoms in total. The Labute approximate surface area is 138 Å². The van der Waals surface area contributed by atoms with E-state index in [1.807, 2.05) is 13.0 Å². The molecule has 0 saturated heterocycles. The zero-order valence-electron chi connectivity index (χ0n) is 11.8. The van der Waals surface area contributed by atoms with Gasteiger partial charge in [0.15, 0.2) is 10.3 Å². The van der Waals surface area contributed by atoms with Crippen LogP contribution in [-0.4, -0.2) is 16.9 Å². The van der Waals surface area contributed by atoms with Gasteiger partial charge in [0, 0.05) is 24.1 Å². The van der Waals surface area contributed by atoms with Gasteiger partial charge < -0.3 is 10.6 Å². The van der Waals surface area contributed by atoms with Crippen molar-refractivity contribution in [2.75, 3.05) is 11.9 Å². The van der Waals surface area contributed by atoms with Crippen LogP contribution >= 0.6 is 35.0 Å². The van der Waals surface area contributed by atoms with Crippen LogP contribution in [0.5, 0.6) is 0 Å². The Kier molecular flexibility index (Phi) is 5.96. The number of anilines is 1. The highest BCUT2D eigenvalue weighted by atomic mass is 35.5. The maximum absolute atomic E-state index is 5.96. The predicted molar refractivity (Wildman–Crippen MR) is 94.6 cm³/mol. The van der Waals surface area contributed by atoms with Crippen molar-refractivity contribution in [2.45, 2.75) is 20.3 Å². The Morgan fingerprint density at radius 3 is 2.81 bits per heavy atom. The Morgan fingerprint density at radius 2 is 2.14 bits per heavy atom. The average Bonchev–Trinajstić information content (AvgIpc) is 2.42. The van der Waals surface area contributed by atoms with Gasteiger partial charge in [-0.1, -0.05) is 30.1 Å². The second-order valence-electron chi connectivity index (χ2n) is 4.42. The van der Waals surface area contributed by atoms with Crippen LogP contribution in [0.15, 0.2) is 40.1 Å². The van der Waals surface area contributed by atoms with Gasteiger partial charge in [0.25, 0.3) is 0 Å². The maximum Gasteiger partial charge on any atom is 0.197 e. The van der Waals surface area contributed by atoms with Gasteiger partial charge in [-0.05, 0) is 43.3 Å². The molecule has 1 aliphatic heterocycles. The first-order valence-corrected chi connectivity index (χ1v) is 8.13. The van der Waals surface area contributed by atoms with E-state index in [1.165, 1.54) is 11.8 Å². The monoisotopic (exact) mass is 342 g/mol. The second kappa shape index (κ2) is 7.73. The number of aliphatic imine (C=N–C) groups is 2. The highest BCUT2D eigenvalue weighted by Crippen LogP contribution is 2.27. The lowest BCUT2D eigenvalue weighted by Crippen LogP contribution is -2.19. The third-order valence-electron chi connectivity index (χ3n) is 2.58. The molecule has 1 aliphatic rings. The van der Waals surface area contributed by atoms with Crippen LogP contribution in [0.25, 0.3) is 0 Å². The van der Waals surface area contributed by atoms with Crippen LogP contribution in [-0.2, 0) is 0 Å². The number of allylic oxidation sites excluding steroid dienone is 1. The summed E-state index contributed by atoms with van der Waals surface area (Å²) in [6, 6.07) is 5.36. The molecule has 0 aliphatic carbocycles. The van der Waals surface area contributed by atoms with E-state index in [0.29, 0.717) is 10.0 Å². The molecule has 7 heteroatoms. The van der Waals surface area contributed by atoms with Crippen LogP contribution in [0.1, 0.15) is 20.3 Å². The van der Waals surface area contributed by atoms with Crippen LogP contribution in [0, 0.1) is 0 Å². The van der Waals surface area contributed by atoms with Gasteiger partial charge in [0.1, 0.15) is 0 Å². The predicted octanol–water partition coefficient (Wildman–Crippen LogP) is 4.73. The van der Waals surface area contributed by atoms with Gasteiger partial charge in [-0.3, -0.25) is 0 Å². The number of halogens is 2. The summed E-state index contributed by atoms with van der Waals surface area (Å²) in [6.07, 6.45) is 2.88. The lowest BCUT2D eigenvalue weighted by molar-refractivity contribution is 0.767. The topological polar surface area (TPSA) is 48.8 Å². The van der Waals surface area contributed by atoms with Crippen molar-refractivity contribution in [3.8, 4) is 0 Å². The normalized spacial score (nSPS) is 16.5. The molecule has 0 fully saturated rings. The van der Waals surface area contributed by atoms with Crippen molar-refractivity contribution in [2.24, 2.45) is 9.98 Å². The first kappa shape index (κ1) is 16.2. The fourth-order valence-electron chi connectivity index (χ4n) is 1.51. The van der Waals surface area contributed by atoms with Crippen LogP contribution in [0.2, 0.25) is 10.0 Å². The second-order valence-corrected chi connectivity index (χ2v) is 6.19. The molecule has 0 atom stereocenters. The lowest BCUT2D eigenvalue weighted by Gasteiger charge is -2.16. The summed E-state index contributed by atoms with van der Waals surface area (Å²) in [5.74, 6) is 0. The molecule has 2 rings (SSSR count). The van der Waals surface area contributed by atoms with Crippen LogP contribution in [0.4, 0.5) is 5.69 Å². The lowest BCUT2D eigenvalue weighted by atomic mass is 10.3. The van der Waals surface area contributed by atoms with Gasteiger partial charge >= 0.3 is 0 Å². The SMILES string of the molecule is CCCNC(C)=CN=C1N=C(Nc2ccc(Cl)c(Cl)c2)S1. The Bertz CT molecular complexity index is 611. The number of amidine groups is 2. The minimum absolute atomic E-state index is 0.515. The molecule has 21 heavy (non-hydrogen) atoms. The molecule has 0 bridgehead atoms. The third kappa shape index (κ3) is 4.95. The van der Waals surface area contributed by atoms with Crippen molar-refractivity contribution in [3.05, 3.63) is 40.1 Å². The molecular formula is C14H16Cl2N4S. The zero-order valence-corrected chi connectivity index (χ0v) is 14.1. The van der Waals surface area contributed by atoms with Crippen molar-refractivity contribution < 1.29 is 0 Å². The van der Waals surface area contributed by atoms with E-state index in [2.05, 4.69) is 27.5 Å². The van der Waals surface area contributed by atoms with E-state index in [4.69, 9.17) is 23.2 Å². The summed E-state index contributed by atoms with van der Waals surface area (Å²) in [5.41, 5.74) is 1.89. The molecule has 0 amide bonds. The van der Waals surface area contributed by atoms with Crippen molar-refractivity contribution in [3.63, 3.8) is 0 Å². The molecule has 1 aromatic carbocycles. The standard InChI is InChI=1S/C14H16Cl2N4S/c1-3-6-17-9(2)8-18-13-20-14(21-13)19-10-4-5-11(15)12(16)7-10/h4-5,7-8,17H,3,6H2,1-2H3,(H,18,19,20). The first-order chi connectivity index (χ1) is 10.1. The van der Waals surface area contributed by atoms with Crippen LogP contribution < -0.4 is 10.6 Å². The number of thioether (sulfide) groups is 1. The van der Waals surface area contributed by atoms with E-state index in [0.717, 1.165) is 34.7 Å². The summed E-state index contributed by atoms with van der Waals surface area (Å²) in [7, 11) is 0. The molecule has 2 N–H and O–H groups in total. The van der Waals surface area contributed by atoms with Crippen LogP contribution in [0.3, 0.4) is 0 Å². The highest BCUT2D eigenvalue weighted by Gasteiger charge is 2.17. The van der Waals surface area contributed by atoms with E-state index in [9.17, 15) is 0 Å². The fraction of sp³-hybridized carbons (Fsp3) is 0.286. The quantitative estimate of drug-likeness (QED) is 0.813. The van der Waals surface area contributed by atoms with E-state index in [-0.39, 0.29) is 0 Å². The summed E-state index contributed by atoms with van der Waals surface area (Å²) >= 11 is 13.3. The molecule has 0 radical (unpaired) electrons. The number of rotatable bonds is 5. The van der Waals surface area contributed by atoms with Gasteiger partial charge in [-0.2, -0.15) is 4.99 Å². The minimum atomic E-state index is 0.515. The molecule has 1 aromatic rings. The summed E-state index contributed by atoms with van der Waals surface area (Å²) in [6.45, 7) is 5.06. The van der Waals surface area contributed by atoms with Crippen molar-refractivity contribution >= 4 is 51.0 Å². The molecule has 1 heterocycles. The number of hydrogen-bond donors (Lipinski definition) is 2. The van der Waals surface area contributed by atoms with Crippen molar-refractivity contribution in [1.29, 1.82) is 0 Å². The fourth-order valence-corrected chi connectivity index (χ4v) is 2.39. The molecule has 112 valence electrons. The first-order valence-electron chi connectivity index (χ1n) is 6.55. The van der Waals surface area contributed by atoms with E-state index >= 15 is 0 Å². The van der Waals surface area contributed by atoms with E-state index < -0.39 is 0 Å². The molecule has 0 unspecified atom stereocenters. The maximum atomic E-state index is 5.96. The Morgan fingerprint density at radius 1 is 1.38 bits per heavy atom. The van der Waals surface area contributed by atoms with Gasteiger partial charge in [0.2, 0.25) is 0 Å². The number of benzene rings is 1.